The minimum Gasteiger partial charge on any atom is -0.352 e. The van der Waals surface area contributed by atoms with Crippen molar-refractivity contribution in [3.8, 4) is 0 Å². The van der Waals surface area contributed by atoms with Crippen LogP contribution >= 0.6 is 0 Å². The number of nitrogens with one attached hydrogen (secondary N) is 1. The fourth-order valence-corrected chi connectivity index (χ4v) is 3.30. The molecule has 1 aliphatic rings. The summed E-state index contributed by atoms with van der Waals surface area (Å²) in [6.07, 6.45) is 2.60. The van der Waals surface area contributed by atoms with E-state index in [1.165, 1.54) is 28.8 Å². The SMILES string of the molecule is CS(=O)(=O)N1CCC(CNC(=O)c2ccccc2F)CC1. The standard InChI is InChI=1S/C14H19FN2O3S/c1-21(19,20)17-8-6-11(7-9-17)10-16-14(18)12-4-2-3-5-13(12)15/h2-5,11H,6-10H2,1H3,(H,16,18). The molecule has 1 amide bonds. The maximum absolute atomic E-state index is 13.5. The van der Waals surface area contributed by atoms with Gasteiger partial charge in [0.25, 0.3) is 5.91 Å². The molecule has 0 atom stereocenters. The molecule has 0 aromatic heterocycles. The summed E-state index contributed by atoms with van der Waals surface area (Å²) in [6, 6.07) is 5.84. The van der Waals surface area contributed by atoms with Crippen molar-refractivity contribution in [2.75, 3.05) is 25.9 Å². The van der Waals surface area contributed by atoms with Gasteiger partial charge in [0.15, 0.2) is 0 Å². The maximum atomic E-state index is 13.5. The van der Waals surface area contributed by atoms with Gasteiger partial charge in [0, 0.05) is 19.6 Å². The number of hydrogen-bond donors (Lipinski definition) is 1. The Morgan fingerprint density at radius 2 is 1.95 bits per heavy atom. The summed E-state index contributed by atoms with van der Waals surface area (Å²) in [7, 11) is -3.13. The smallest absolute Gasteiger partial charge is 0.254 e. The molecule has 0 radical (unpaired) electrons. The lowest BCUT2D eigenvalue weighted by molar-refractivity contribution is 0.0937. The third kappa shape index (κ3) is 4.25. The van der Waals surface area contributed by atoms with E-state index < -0.39 is 21.7 Å². The van der Waals surface area contributed by atoms with Crippen LogP contribution in [0.5, 0.6) is 0 Å². The van der Waals surface area contributed by atoms with Gasteiger partial charge in [0.1, 0.15) is 5.82 Å². The first-order valence-corrected chi connectivity index (χ1v) is 8.70. The Bertz CT molecular complexity index is 610. The van der Waals surface area contributed by atoms with E-state index in [-0.39, 0.29) is 11.5 Å². The fourth-order valence-electron chi connectivity index (χ4n) is 2.42. The molecule has 0 spiro atoms. The van der Waals surface area contributed by atoms with Crippen LogP contribution in [0.2, 0.25) is 0 Å². The molecule has 0 bridgehead atoms. The average Bonchev–Trinajstić information content (AvgIpc) is 2.45. The van der Waals surface area contributed by atoms with Gasteiger partial charge in [-0.1, -0.05) is 12.1 Å². The monoisotopic (exact) mass is 314 g/mol. The highest BCUT2D eigenvalue weighted by Crippen LogP contribution is 2.18. The zero-order chi connectivity index (χ0) is 15.5. The van der Waals surface area contributed by atoms with Gasteiger partial charge in [-0.05, 0) is 30.9 Å². The van der Waals surface area contributed by atoms with Crippen molar-refractivity contribution in [2.24, 2.45) is 5.92 Å². The minimum atomic E-state index is -3.13. The largest absolute Gasteiger partial charge is 0.352 e. The first kappa shape index (κ1) is 15.9. The lowest BCUT2D eigenvalue weighted by Crippen LogP contribution is -2.41. The van der Waals surface area contributed by atoms with Gasteiger partial charge in [0.2, 0.25) is 10.0 Å². The van der Waals surface area contributed by atoms with E-state index in [9.17, 15) is 17.6 Å². The quantitative estimate of drug-likeness (QED) is 0.909. The second-order valence-corrected chi connectivity index (χ2v) is 7.28. The minimum absolute atomic E-state index is 0.0334. The van der Waals surface area contributed by atoms with E-state index in [1.807, 2.05) is 0 Å². The first-order chi connectivity index (χ1) is 9.88. The molecular formula is C14H19FN2O3S. The van der Waals surface area contributed by atoms with Crippen molar-refractivity contribution < 1.29 is 17.6 Å². The predicted octanol–water partition coefficient (Wildman–Crippen LogP) is 1.23. The average molecular weight is 314 g/mol. The van der Waals surface area contributed by atoms with E-state index in [1.54, 1.807) is 6.07 Å². The normalized spacial score (nSPS) is 17.6. The van der Waals surface area contributed by atoms with Crippen LogP contribution in [-0.4, -0.2) is 44.5 Å². The van der Waals surface area contributed by atoms with E-state index in [0.717, 1.165) is 0 Å². The molecule has 0 aliphatic carbocycles. The van der Waals surface area contributed by atoms with Crippen LogP contribution in [0.15, 0.2) is 24.3 Å². The summed E-state index contributed by atoms with van der Waals surface area (Å²) in [5, 5.41) is 2.72. The Morgan fingerprint density at radius 3 is 2.52 bits per heavy atom. The van der Waals surface area contributed by atoms with Crippen molar-refractivity contribution in [2.45, 2.75) is 12.8 Å². The molecule has 1 heterocycles. The van der Waals surface area contributed by atoms with Gasteiger partial charge in [-0.3, -0.25) is 4.79 Å². The number of carbonyl (C=O) groups is 1. The highest BCUT2D eigenvalue weighted by Gasteiger charge is 2.25. The highest BCUT2D eigenvalue weighted by atomic mass is 32.2. The molecule has 7 heteroatoms. The van der Waals surface area contributed by atoms with Crippen LogP contribution in [0.3, 0.4) is 0 Å². The fraction of sp³-hybridized carbons (Fsp3) is 0.500. The Balaban J connectivity index is 1.83. The number of rotatable bonds is 4. The van der Waals surface area contributed by atoms with Crippen molar-refractivity contribution >= 4 is 15.9 Å². The van der Waals surface area contributed by atoms with Crippen molar-refractivity contribution in [3.63, 3.8) is 0 Å². The van der Waals surface area contributed by atoms with Crippen LogP contribution in [-0.2, 0) is 10.0 Å². The van der Waals surface area contributed by atoms with E-state index in [4.69, 9.17) is 0 Å². The van der Waals surface area contributed by atoms with Gasteiger partial charge < -0.3 is 5.32 Å². The number of benzene rings is 1. The van der Waals surface area contributed by atoms with Crippen LogP contribution in [0.1, 0.15) is 23.2 Å². The molecule has 1 aromatic rings. The van der Waals surface area contributed by atoms with Crippen molar-refractivity contribution in [1.82, 2.24) is 9.62 Å². The molecule has 0 unspecified atom stereocenters. The van der Waals surface area contributed by atoms with E-state index in [2.05, 4.69) is 5.32 Å². The van der Waals surface area contributed by atoms with E-state index in [0.29, 0.717) is 32.5 Å². The summed E-state index contributed by atoms with van der Waals surface area (Å²) < 4.78 is 37.7. The first-order valence-electron chi connectivity index (χ1n) is 6.86. The zero-order valence-corrected chi connectivity index (χ0v) is 12.7. The Hall–Kier alpha value is -1.47. The van der Waals surface area contributed by atoms with Crippen LogP contribution in [0.25, 0.3) is 0 Å². The predicted molar refractivity (Wildman–Crippen MR) is 77.9 cm³/mol. The molecule has 1 fully saturated rings. The summed E-state index contributed by atoms with van der Waals surface area (Å²) in [6.45, 7) is 1.38. The summed E-state index contributed by atoms with van der Waals surface area (Å²) in [5.74, 6) is -0.751. The number of sulfonamides is 1. The summed E-state index contributed by atoms with van der Waals surface area (Å²) >= 11 is 0. The summed E-state index contributed by atoms with van der Waals surface area (Å²) in [4.78, 5) is 11.9. The Labute approximate surface area is 124 Å². The topological polar surface area (TPSA) is 66.5 Å². The second-order valence-electron chi connectivity index (χ2n) is 5.30. The number of nitrogens with zero attached hydrogens (tertiary/aromatic N) is 1. The Morgan fingerprint density at radius 1 is 1.33 bits per heavy atom. The molecule has 2 rings (SSSR count). The number of hydrogen-bond acceptors (Lipinski definition) is 3. The molecule has 1 aromatic carbocycles. The molecule has 1 aliphatic heterocycles. The number of amides is 1. The molecule has 1 saturated heterocycles. The molecule has 116 valence electrons. The van der Waals surface area contributed by atoms with Gasteiger partial charge in [-0.15, -0.1) is 0 Å². The van der Waals surface area contributed by atoms with Gasteiger partial charge >= 0.3 is 0 Å². The number of piperidine rings is 1. The molecule has 1 N–H and O–H groups in total. The molecular weight excluding hydrogens is 295 g/mol. The molecule has 21 heavy (non-hydrogen) atoms. The van der Waals surface area contributed by atoms with Crippen molar-refractivity contribution in [1.29, 1.82) is 0 Å². The lowest BCUT2D eigenvalue weighted by atomic mass is 9.98. The van der Waals surface area contributed by atoms with E-state index >= 15 is 0 Å². The van der Waals surface area contributed by atoms with Gasteiger partial charge in [-0.2, -0.15) is 0 Å². The number of halogens is 1. The van der Waals surface area contributed by atoms with Gasteiger partial charge in [-0.25, -0.2) is 17.1 Å². The zero-order valence-electron chi connectivity index (χ0n) is 11.9. The molecule has 5 nitrogen and oxygen atoms in total. The highest BCUT2D eigenvalue weighted by molar-refractivity contribution is 7.88. The maximum Gasteiger partial charge on any atom is 0.254 e. The van der Waals surface area contributed by atoms with Crippen LogP contribution in [0.4, 0.5) is 4.39 Å². The third-order valence-corrected chi connectivity index (χ3v) is 5.02. The molecule has 0 saturated carbocycles. The Kier molecular flexibility index (Phi) is 4.95. The second kappa shape index (κ2) is 6.53. The number of carbonyl (C=O) groups excluding carboxylic acids is 1. The van der Waals surface area contributed by atoms with Gasteiger partial charge in [0.05, 0.1) is 11.8 Å². The third-order valence-electron chi connectivity index (χ3n) is 3.71. The lowest BCUT2D eigenvalue weighted by Gasteiger charge is -2.30. The van der Waals surface area contributed by atoms with Crippen LogP contribution in [0, 0.1) is 11.7 Å². The van der Waals surface area contributed by atoms with Crippen LogP contribution < -0.4 is 5.32 Å². The van der Waals surface area contributed by atoms with Crippen molar-refractivity contribution in [3.05, 3.63) is 35.6 Å². The summed E-state index contributed by atoms with van der Waals surface area (Å²) in [5.41, 5.74) is 0.0334.